The Hall–Kier alpha value is -0.0800. The third kappa shape index (κ3) is 2.47. The second-order valence-electron chi connectivity index (χ2n) is 7.16. The van der Waals surface area contributed by atoms with Gasteiger partial charge in [-0.1, -0.05) is 45.4 Å². The van der Waals surface area contributed by atoms with Crippen LogP contribution in [-0.2, 0) is 4.74 Å². The second kappa shape index (κ2) is 5.73. The maximum atomic E-state index is 10.3. The quantitative estimate of drug-likeness (QED) is 0.835. The molecule has 3 rings (SSSR count). The van der Waals surface area contributed by atoms with Crippen LogP contribution < -0.4 is 0 Å². The van der Waals surface area contributed by atoms with E-state index in [9.17, 15) is 5.11 Å². The van der Waals surface area contributed by atoms with E-state index in [4.69, 9.17) is 4.74 Å². The first-order chi connectivity index (χ1) is 9.26. The van der Waals surface area contributed by atoms with Gasteiger partial charge in [-0.3, -0.25) is 0 Å². The van der Waals surface area contributed by atoms with Crippen molar-refractivity contribution in [3.05, 3.63) is 0 Å². The van der Waals surface area contributed by atoms with E-state index in [1.165, 1.54) is 64.2 Å². The lowest BCUT2D eigenvalue weighted by atomic mass is 9.56. The molecule has 2 nitrogen and oxygen atoms in total. The van der Waals surface area contributed by atoms with E-state index in [1.54, 1.807) is 0 Å². The van der Waals surface area contributed by atoms with Crippen molar-refractivity contribution >= 4 is 0 Å². The van der Waals surface area contributed by atoms with Gasteiger partial charge in [0.05, 0.1) is 18.3 Å². The molecule has 0 aromatic carbocycles. The smallest absolute Gasteiger partial charge is 0.0684 e. The molecule has 2 heteroatoms. The number of hydrogen-bond acceptors (Lipinski definition) is 2. The fourth-order valence-corrected chi connectivity index (χ4v) is 4.81. The normalized spacial score (nSPS) is 42.0. The topological polar surface area (TPSA) is 29.5 Å². The highest BCUT2D eigenvalue weighted by molar-refractivity contribution is 5.05. The molecule has 3 fully saturated rings. The van der Waals surface area contributed by atoms with Gasteiger partial charge in [-0.05, 0) is 31.6 Å². The third-order valence-corrected chi connectivity index (χ3v) is 6.23. The van der Waals surface area contributed by atoms with E-state index >= 15 is 0 Å². The largest absolute Gasteiger partial charge is 0.392 e. The molecule has 0 aromatic heterocycles. The number of hydrogen-bond donors (Lipinski definition) is 1. The van der Waals surface area contributed by atoms with Crippen LogP contribution in [0, 0.1) is 11.3 Å². The predicted octanol–water partition coefficient (Wildman–Crippen LogP) is 4.06. The molecule has 19 heavy (non-hydrogen) atoms. The monoisotopic (exact) mass is 266 g/mol. The summed E-state index contributed by atoms with van der Waals surface area (Å²) in [6.07, 6.45) is 14.6. The minimum Gasteiger partial charge on any atom is -0.392 e. The minimum atomic E-state index is -0.0820. The Morgan fingerprint density at radius 3 is 2.47 bits per heavy atom. The predicted molar refractivity (Wildman–Crippen MR) is 77.1 cm³/mol. The van der Waals surface area contributed by atoms with Gasteiger partial charge in [-0.2, -0.15) is 0 Å². The zero-order valence-electron chi connectivity index (χ0n) is 12.4. The van der Waals surface area contributed by atoms with Gasteiger partial charge >= 0.3 is 0 Å². The summed E-state index contributed by atoms with van der Waals surface area (Å²) in [5, 5.41) is 10.3. The summed E-state index contributed by atoms with van der Waals surface area (Å²) in [5.74, 6) is 0.770. The third-order valence-electron chi connectivity index (χ3n) is 6.23. The van der Waals surface area contributed by atoms with Crippen LogP contribution >= 0.6 is 0 Å². The number of ether oxygens (including phenoxy) is 1. The van der Waals surface area contributed by atoms with Crippen molar-refractivity contribution in [2.24, 2.45) is 11.3 Å². The van der Waals surface area contributed by atoms with Crippen LogP contribution in [0.1, 0.15) is 77.6 Å². The Morgan fingerprint density at radius 2 is 1.79 bits per heavy atom. The summed E-state index contributed by atoms with van der Waals surface area (Å²) in [6, 6.07) is 0. The highest BCUT2D eigenvalue weighted by atomic mass is 16.5. The Morgan fingerprint density at radius 1 is 1.05 bits per heavy atom. The Balaban J connectivity index is 1.62. The minimum absolute atomic E-state index is 0.0820. The van der Waals surface area contributed by atoms with Crippen LogP contribution in [-0.4, -0.2) is 23.4 Å². The standard InChI is InChI=1S/C17H30O2/c1-2-13-8-4-5-9-14(13)19-16-12-15(18)17(16)10-6-3-7-11-17/h13-16,18H,2-12H2,1H3. The molecule has 4 atom stereocenters. The average Bonchev–Trinajstić information content (AvgIpc) is 2.48. The van der Waals surface area contributed by atoms with Gasteiger partial charge in [0.2, 0.25) is 0 Å². The van der Waals surface area contributed by atoms with Gasteiger partial charge in [-0.15, -0.1) is 0 Å². The van der Waals surface area contributed by atoms with Gasteiger partial charge < -0.3 is 9.84 Å². The number of aliphatic hydroxyl groups is 1. The molecule has 1 spiro atoms. The number of rotatable bonds is 3. The summed E-state index contributed by atoms with van der Waals surface area (Å²) < 4.78 is 6.53. The molecular weight excluding hydrogens is 236 g/mol. The fraction of sp³-hybridized carbons (Fsp3) is 1.00. The maximum Gasteiger partial charge on any atom is 0.0684 e. The lowest BCUT2D eigenvalue weighted by Crippen LogP contribution is -2.60. The highest BCUT2D eigenvalue weighted by Crippen LogP contribution is 2.54. The summed E-state index contributed by atoms with van der Waals surface area (Å²) in [6.45, 7) is 2.30. The van der Waals surface area contributed by atoms with Crippen LogP contribution in [0.25, 0.3) is 0 Å². The van der Waals surface area contributed by atoms with Gasteiger partial charge in [0.15, 0.2) is 0 Å². The van der Waals surface area contributed by atoms with Crippen molar-refractivity contribution in [3.8, 4) is 0 Å². The SMILES string of the molecule is CCC1CCCCC1OC1CC(O)C12CCCCC2. The zero-order chi connectivity index (χ0) is 13.3. The molecule has 0 bridgehead atoms. The molecule has 0 heterocycles. The lowest BCUT2D eigenvalue weighted by molar-refractivity contribution is -0.232. The summed E-state index contributed by atoms with van der Waals surface area (Å²) in [5.41, 5.74) is 0.147. The van der Waals surface area contributed by atoms with Gasteiger partial charge in [0, 0.05) is 11.8 Å². The first-order valence-corrected chi connectivity index (χ1v) is 8.60. The van der Waals surface area contributed by atoms with Crippen molar-refractivity contribution in [1.82, 2.24) is 0 Å². The van der Waals surface area contributed by atoms with Crippen molar-refractivity contribution in [1.29, 1.82) is 0 Å². The van der Waals surface area contributed by atoms with E-state index in [2.05, 4.69) is 6.92 Å². The molecule has 0 saturated heterocycles. The molecule has 0 amide bonds. The van der Waals surface area contributed by atoms with Crippen LogP contribution in [0.4, 0.5) is 0 Å². The average molecular weight is 266 g/mol. The maximum absolute atomic E-state index is 10.3. The van der Waals surface area contributed by atoms with Crippen molar-refractivity contribution in [2.75, 3.05) is 0 Å². The molecular formula is C17H30O2. The molecule has 0 aromatic rings. The summed E-state index contributed by atoms with van der Waals surface area (Å²) in [7, 11) is 0. The Bertz CT molecular complexity index is 296. The van der Waals surface area contributed by atoms with E-state index < -0.39 is 0 Å². The molecule has 110 valence electrons. The zero-order valence-corrected chi connectivity index (χ0v) is 12.4. The van der Waals surface area contributed by atoms with Crippen molar-refractivity contribution < 1.29 is 9.84 Å². The molecule has 0 radical (unpaired) electrons. The van der Waals surface area contributed by atoms with Crippen molar-refractivity contribution in [3.63, 3.8) is 0 Å². The number of aliphatic hydroxyl groups excluding tert-OH is 1. The molecule has 3 saturated carbocycles. The van der Waals surface area contributed by atoms with E-state index in [0.29, 0.717) is 12.2 Å². The van der Waals surface area contributed by atoms with Crippen molar-refractivity contribution in [2.45, 2.75) is 95.9 Å². The van der Waals surface area contributed by atoms with Gasteiger partial charge in [0.25, 0.3) is 0 Å². The van der Waals surface area contributed by atoms with E-state index in [0.717, 1.165) is 12.3 Å². The van der Waals surface area contributed by atoms with Gasteiger partial charge in [-0.25, -0.2) is 0 Å². The molecule has 4 unspecified atom stereocenters. The summed E-state index contributed by atoms with van der Waals surface area (Å²) >= 11 is 0. The van der Waals surface area contributed by atoms with E-state index in [-0.39, 0.29) is 11.5 Å². The van der Waals surface area contributed by atoms with Crippen LogP contribution in [0.15, 0.2) is 0 Å². The molecule has 0 aliphatic heterocycles. The first-order valence-electron chi connectivity index (χ1n) is 8.60. The summed E-state index contributed by atoms with van der Waals surface area (Å²) in [4.78, 5) is 0. The van der Waals surface area contributed by atoms with E-state index in [1.807, 2.05) is 0 Å². The van der Waals surface area contributed by atoms with Crippen LogP contribution in [0.2, 0.25) is 0 Å². The molecule has 3 aliphatic rings. The Labute approximate surface area is 117 Å². The van der Waals surface area contributed by atoms with Gasteiger partial charge in [0.1, 0.15) is 0 Å². The lowest BCUT2D eigenvalue weighted by Gasteiger charge is -2.56. The van der Waals surface area contributed by atoms with Crippen LogP contribution in [0.3, 0.4) is 0 Å². The molecule has 1 N–H and O–H groups in total. The second-order valence-corrected chi connectivity index (χ2v) is 7.16. The molecule has 3 aliphatic carbocycles. The first kappa shape index (κ1) is 13.9. The highest BCUT2D eigenvalue weighted by Gasteiger charge is 2.56. The fourth-order valence-electron chi connectivity index (χ4n) is 4.81. The Kier molecular flexibility index (Phi) is 4.19. The van der Waals surface area contributed by atoms with Crippen LogP contribution in [0.5, 0.6) is 0 Å².